The number of ether oxygens (including phenoxy) is 1. The van der Waals surface area contributed by atoms with Gasteiger partial charge in [0.2, 0.25) is 0 Å². The fourth-order valence-corrected chi connectivity index (χ4v) is 5.71. The maximum atomic E-state index is 16.0. The number of benzene rings is 2. The summed E-state index contributed by atoms with van der Waals surface area (Å²) in [6, 6.07) is 5.18. The largest absolute Gasteiger partial charge is 0.508 e. The summed E-state index contributed by atoms with van der Waals surface area (Å²) in [6.45, 7) is 1.57. The maximum Gasteiger partial charge on any atom is 0.319 e. The number of aromatic hydroxyl groups is 1. The van der Waals surface area contributed by atoms with Crippen molar-refractivity contribution in [3.63, 3.8) is 0 Å². The average molecular weight is 518 g/mol. The Bertz CT molecular complexity index is 1700. The van der Waals surface area contributed by atoms with Crippen LogP contribution >= 0.6 is 0 Å². The van der Waals surface area contributed by atoms with Gasteiger partial charge in [-0.1, -0.05) is 12.0 Å². The fourth-order valence-electron chi connectivity index (χ4n) is 5.71. The summed E-state index contributed by atoms with van der Waals surface area (Å²) in [6.07, 6.45) is 9.85. The molecule has 3 N–H and O–H groups in total. The first-order valence-corrected chi connectivity index (χ1v) is 12.0. The molecule has 2 aromatic heterocycles. The first-order valence-electron chi connectivity index (χ1n) is 12.0. The lowest BCUT2D eigenvalue weighted by molar-refractivity contribution is 0.108. The molecule has 2 aliphatic rings. The van der Waals surface area contributed by atoms with E-state index in [1.165, 1.54) is 30.5 Å². The van der Waals surface area contributed by atoms with Crippen molar-refractivity contribution in [2.24, 2.45) is 0 Å². The summed E-state index contributed by atoms with van der Waals surface area (Å²) < 4.78 is 49.7. The van der Waals surface area contributed by atoms with E-state index in [4.69, 9.17) is 16.9 Å². The van der Waals surface area contributed by atoms with E-state index in [2.05, 4.69) is 25.8 Å². The third-order valence-electron chi connectivity index (χ3n) is 7.46. The van der Waals surface area contributed by atoms with E-state index in [9.17, 15) is 13.9 Å². The van der Waals surface area contributed by atoms with Gasteiger partial charge in [-0.05, 0) is 55.0 Å². The van der Waals surface area contributed by atoms with E-state index in [-0.39, 0.29) is 62.8 Å². The molecule has 10 heteroatoms. The number of aromatic nitrogens is 3. The van der Waals surface area contributed by atoms with Crippen LogP contribution in [0.3, 0.4) is 0 Å². The summed E-state index contributed by atoms with van der Waals surface area (Å²) >= 11 is 0. The van der Waals surface area contributed by atoms with Crippen molar-refractivity contribution in [2.45, 2.75) is 24.8 Å². The third-order valence-corrected chi connectivity index (χ3v) is 7.46. The van der Waals surface area contributed by atoms with E-state index < -0.39 is 11.6 Å². The van der Waals surface area contributed by atoms with Gasteiger partial charge in [-0.2, -0.15) is 9.97 Å². The molecule has 0 amide bonds. The SMILES string of the molecule is C#Cc1c(F)ccc2cc(O)cc(-c3ncc4c(N)nc(OCC56CCCN5C/C(=C/F)C6)nc4c3F)c12. The normalized spacial score (nSPS) is 20.3. The quantitative estimate of drug-likeness (QED) is 0.373. The highest BCUT2D eigenvalue weighted by molar-refractivity contribution is 6.02. The smallest absolute Gasteiger partial charge is 0.319 e. The lowest BCUT2D eigenvalue weighted by atomic mass is 9.94. The molecule has 0 aliphatic carbocycles. The Hall–Kier alpha value is -4.36. The predicted molar refractivity (Wildman–Crippen MR) is 137 cm³/mol. The van der Waals surface area contributed by atoms with Crippen LogP contribution in [0.5, 0.6) is 11.8 Å². The number of fused-ring (bicyclic) bond motifs is 3. The summed E-state index contributed by atoms with van der Waals surface area (Å²) in [5, 5.41) is 11.1. The molecule has 0 saturated carbocycles. The zero-order chi connectivity index (χ0) is 26.6. The molecule has 0 radical (unpaired) electrons. The van der Waals surface area contributed by atoms with Gasteiger partial charge >= 0.3 is 6.01 Å². The number of rotatable bonds is 4. The Morgan fingerprint density at radius 1 is 1.26 bits per heavy atom. The van der Waals surface area contributed by atoms with E-state index in [0.29, 0.717) is 30.3 Å². The fraction of sp³-hybridized carbons (Fsp3) is 0.250. The van der Waals surface area contributed by atoms with Crippen LogP contribution in [0.2, 0.25) is 0 Å². The molecule has 6 rings (SSSR count). The van der Waals surface area contributed by atoms with Crippen molar-refractivity contribution >= 4 is 27.5 Å². The van der Waals surface area contributed by atoms with Crippen LogP contribution in [0.25, 0.3) is 32.9 Å². The van der Waals surface area contributed by atoms with E-state index in [0.717, 1.165) is 19.4 Å². The second-order valence-electron chi connectivity index (χ2n) is 9.71. The Morgan fingerprint density at radius 3 is 2.89 bits per heavy atom. The molecule has 2 fully saturated rings. The second kappa shape index (κ2) is 8.89. The lowest BCUT2D eigenvalue weighted by Crippen LogP contribution is -2.43. The molecule has 2 aliphatic heterocycles. The Kier molecular flexibility index (Phi) is 5.61. The van der Waals surface area contributed by atoms with Crippen LogP contribution in [0.15, 0.2) is 42.4 Å². The number of pyridine rings is 1. The number of hydrogen-bond donors (Lipinski definition) is 2. The van der Waals surface area contributed by atoms with Crippen LogP contribution in [-0.2, 0) is 0 Å². The number of halogens is 3. The first kappa shape index (κ1) is 24.0. The van der Waals surface area contributed by atoms with Crippen LogP contribution < -0.4 is 10.5 Å². The molecule has 192 valence electrons. The number of terminal acetylenes is 1. The van der Waals surface area contributed by atoms with Gasteiger partial charge in [0.25, 0.3) is 0 Å². The summed E-state index contributed by atoms with van der Waals surface area (Å²) in [7, 11) is 0. The van der Waals surface area contributed by atoms with Crippen molar-refractivity contribution in [2.75, 3.05) is 25.4 Å². The molecule has 2 saturated heterocycles. The number of nitrogen functional groups attached to an aromatic ring is 1. The molecule has 0 spiro atoms. The van der Waals surface area contributed by atoms with Crippen LogP contribution in [0.1, 0.15) is 24.8 Å². The minimum atomic E-state index is -0.857. The Morgan fingerprint density at radius 2 is 2.11 bits per heavy atom. The van der Waals surface area contributed by atoms with Gasteiger partial charge < -0.3 is 15.6 Å². The van der Waals surface area contributed by atoms with Crippen LogP contribution in [-0.4, -0.2) is 50.2 Å². The van der Waals surface area contributed by atoms with Gasteiger partial charge in [0.05, 0.1) is 22.8 Å². The van der Waals surface area contributed by atoms with Gasteiger partial charge in [0.15, 0.2) is 5.82 Å². The Balaban J connectivity index is 1.44. The van der Waals surface area contributed by atoms with Crippen molar-refractivity contribution in [3.8, 4) is 35.4 Å². The van der Waals surface area contributed by atoms with E-state index in [1.54, 1.807) is 0 Å². The second-order valence-corrected chi connectivity index (χ2v) is 9.71. The molecule has 1 unspecified atom stereocenters. The van der Waals surface area contributed by atoms with E-state index in [1.807, 2.05) is 0 Å². The first-order chi connectivity index (χ1) is 18.3. The standard InChI is InChI=1S/C28H22F3N5O2/c1-2-18-21(30)5-4-16-8-17(37)9-19(22(16)18)24-23(31)25-20(12-33-24)26(32)35-27(34-25)38-14-28-6-3-7-36(28)13-15(10-28)11-29/h1,4-5,8-9,11-12,37H,3,6-7,10,13-14H2,(H2,32,34,35)/b15-11+. The van der Waals surface area contributed by atoms with Crippen LogP contribution in [0.4, 0.5) is 19.0 Å². The molecule has 4 aromatic rings. The van der Waals surface area contributed by atoms with Gasteiger partial charge in [-0.25, -0.2) is 13.2 Å². The van der Waals surface area contributed by atoms with Gasteiger partial charge in [-0.15, -0.1) is 6.42 Å². The van der Waals surface area contributed by atoms with Gasteiger partial charge in [-0.3, -0.25) is 9.88 Å². The van der Waals surface area contributed by atoms with Crippen LogP contribution in [0, 0.1) is 24.0 Å². The molecular formula is C28H22F3N5O2. The number of phenols is 1. The Labute approximate surface area is 215 Å². The predicted octanol–water partition coefficient (Wildman–Crippen LogP) is 4.86. The summed E-state index contributed by atoms with van der Waals surface area (Å²) in [4.78, 5) is 14.8. The number of phenolic OH excluding ortho intramolecular Hbond substituents is 1. The molecule has 0 bridgehead atoms. The molecule has 2 aromatic carbocycles. The highest BCUT2D eigenvalue weighted by Crippen LogP contribution is 2.42. The van der Waals surface area contributed by atoms with Crippen molar-refractivity contribution in [1.82, 2.24) is 19.9 Å². The number of anilines is 1. The zero-order valence-corrected chi connectivity index (χ0v) is 20.1. The maximum absolute atomic E-state index is 16.0. The third kappa shape index (κ3) is 3.70. The van der Waals surface area contributed by atoms with Crippen molar-refractivity contribution in [1.29, 1.82) is 0 Å². The molecular weight excluding hydrogens is 495 g/mol. The zero-order valence-electron chi connectivity index (χ0n) is 20.1. The highest BCUT2D eigenvalue weighted by atomic mass is 19.1. The molecule has 1 atom stereocenters. The lowest BCUT2D eigenvalue weighted by Gasteiger charge is -2.30. The summed E-state index contributed by atoms with van der Waals surface area (Å²) in [5.74, 6) is 0.587. The monoisotopic (exact) mass is 517 g/mol. The molecule has 7 nitrogen and oxygen atoms in total. The number of nitrogens with two attached hydrogens (primary N) is 1. The highest BCUT2D eigenvalue weighted by Gasteiger charge is 2.47. The number of nitrogens with zero attached hydrogens (tertiary/aromatic N) is 4. The van der Waals surface area contributed by atoms with Gasteiger partial charge in [0.1, 0.15) is 35.2 Å². The summed E-state index contributed by atoms with van der Waals surface area (Å²) in [5.41, 5.74) is 6.11. The topological polar surface area (TPSA) is 97.4 Å². The average Bonchev–Trinajstić information content (AvgIpc) is 3.45. The molecule has 4 heterocycles. The number of hydrogen-bond acceptors (Lipinski definition) is 7. The van der Waals surface area contributed by atoms with Crippen molar-refractivity contribution < 1.29 is 23.0 Å². The minimum absolute atomic E-state index is 0.0318. The molecule has 38 heavy (non-hydrogen) atoms. The van der Waals surface area contributed by atoms with E-state index >= 15 is 4.39 Å². The van der Waals surface area contributed by atoms with Gasteiger partial charge in [0, 0.05) is 23.7 Å². The van der Waals surface area contributed by atoms with Crippen molar-refractivity contribution in [3.05, 3.63) is 59.6 Å². The minimum Gasteiger partial charge on any atom is -0.508 e.